The summed E-state index contributed by atoms with van der Waals surface area (Å²) in [5, 5.41) is 15.9. The fraction of sp³-hybridized carbons (Fsp3) is 0.362. The Bertz CT molecular complexity index is 2290. The highest BCUT2D eigenvalue weighted by molar-refractivity contribution is 5.18. The summed E-state index contributed by atoms with van der Waals surface area (Å²) in [5.74, 6) is 0. The first-order chi connectivity index (χ1) is 31.6. The van der Waals surface area contributed by atoms with Gasteiger partial charge in [-0.3, -0.25) is 5.32 Å². The van der Waals surface area contributed by atoms with Gasteiger partial charge in [-0.25, -0.2) is 0 Å². The van der Waals surface area contributed by atoms with Gasteiger partial charge in [-0.2, -0.15) is 0 Å². The second-order valence-corrected chi connectivity index (χ2v) is 15.2. The van der Waals surface area contributed by atoms with E-state index in [1.807, 2.05) is 152 Å². The van der Waals surface area contributed by atoms with Crippen LogP contribution in [-0.4, -0.2) is 67.9 Å². The van der Waals surface area contributed by atoms with Crippen molar-refractivity contribution in [2.24, 2.45) is 15.3 Å². The van der Waals surface area contributed by atoms with E-state index in [1.54, 1.807) is 0 Å². The second-order valence-electron chi connectivity index (χ2n) is 15.2. The van der Waals surface area contributed by atoms with Gasteiger partial charge in [-0.15, -0.1) is 0 Å². The molecule has 1 aliphatic carbocycles. The minimum atomic E-state index is -1.34. The largest absolute Gasteiger partial charge is 0.370 e. The molecule has 0 aromatic heterocycles. The number of azide groups is 3. The van der Waals surface area contributed by atoms with Crippen LogP contribution in [-0.2, 0) is 66.2 Å². The van der Waals surface area contributed by atoms with E-state index in [2.05, 4.69) is 35.4 Å². The Morgan fingerprint density at radius 3 is 1.31 bits per heavy atom. The van der Waals surface area contributed by atoms with Crippen molar-refractivity contribution in [3.63, 3.8) is 0 Å². The maximum atomic E-state index is 10.2. The Morgan fingerprint density at radius 1 is 0.469 bits per heavy atom. The van der Waals surface area contributed by atoms with Gasteiger partial charge in [0.1, 0.15) is 30.6 Å². The van der Waals surface area contributed by atoms with Gasteiger partial charge in [0.2, 0.25) is 0 Å². The van der Waals surface area contributed by atoms with E-state index in [9.17, 15) is 16.6 Å². The van der Waals surface area contributed by atoms with Crippen molar-refractivity contribution in [1.82, 2.24) is 5.32 Å². The summed E-state index contributed by atoms with van der Waals surface area (Å²) in [5.41, 5.74) is 34.3. The van der Waals surface area contributed by atoms with Crippen LogP contribution in [0.4, 0.5) is 0 Å². The zero-order chi connectivity index (χ0) is 44.2. The fourth-order valence-electron chi connectivity index (χ4n) is 7.82. The molecule has 1 saturated carbocycles. The normalized spacial score (nSPS) is 25.2. The Hall–Kier alpha value is -6.29. The van der Waals surface area contributed by atoms with E-state index in [0.29, 0.717) is 6.61 Å². The average molecular weight is 867 g/mol. The van der Waals surface area contributed by atoms with Crippen molar-refractivity contribution in [3.05, 3.63) is 211 Å². The topological polar surface area (TPSA) is 223 Å². The molecule has 17 heteroatoms. The number of hydrogen-bond donors (Lipinski definition) is 1. The van der Waals surface area contributed by atoms with Crippen LogP contribution >= 0.6 is 0 Å². The van der Waals surface area contributed by atoms with Crippen LogP contribution in [0.25, 0.3) is 31.3 Å². The summed E-state index contributed by atoms with van der Waals surface area (Å²) in [7, 11) is 0. The lowest BCUT2D eigenvalue weighted by molar-refractivity contribution is -0.313. The highest BCUT2D eigenvalue weighted by Gasteiger charge is 2.53. The van der Waals surface area contributed by atoms with Gasteiger partial charge in [-0.05, 0) is 50.8 Å². The van der Waals surface area contributed by atoms with Gasteiger partial charge in [0.25, 0.3) is 0 Å². The van der Waals surface area contributed by atoms with Gasteiger partial charge >= 0.3 is 0 Å². The fourth-order valence-corrected chi connectivity index (χ4v) is 7.82. The minimum absolute atomic E-state index is 0.0336. The zero-order valence-electron chi connectivity index (χ0n) is 35.0. The number of rotatable bonds is 22. The van der Waals surface area contributed by atoms with Crippen LogP contribution in [0.5, 0.6) is 0 Å². The van der Waals surface area contributed by atoms with Crippen molar-refractivity contribution in [3.8, 4) is 0 Å². The van der Waals surface area contributed by atoms with Gasteiger partial charge < -0.3 is 33.2 Å². The monoisotopic (exact) mass is 866 g/mol. The van der Waals surface area contributed by atoms with Crippen LogP contribution < -0.4 is 5.32 Å². The van der Waals surface area contributed by atoms with Gasteiger partial charge in [0.15, 0.2) is 6.29 Å². The summed E-state index contributed by atoms with van der Waals surface area (Å²) in [6, 6.07) is 45.1. The summed E-state index contributed by atoms with van der Waals surface area (Å²) >= 11 is 0. The first-order valence-electron chi connectivity index (χ1n) is 21.0. The van der Waals surface area contributed by atoms with Crippen molar-refractivity contribution in [2.45, 2.75) is 101 Å². The predicted molar refractivity (Wildman–Crippen MR) is 236 cm³/mol. The van der Waals surface area contributed by atoms with Crippen LogP contribution in [0.1, 0.15) is 34.2 Å². The molecule has 17 nitrogen and oxygen atoms in total. The third-order valence-corrected chi connectivity index (χ3v) is 10.9. The smallest absolute Gasteiger partial charge is 0.171 e. The molecule has 1 N–H and O–H groups in total. The van der Waals surface area contributed by atoms with Gasteiger partial charge in [0, 0.05) is 14.7 Å². The number of nitrogens with zero attached hydrogens (tertiary/aromatic N) is 9. The molecule has 0 spiro atoms. The molecule has 0 radical (unpaired) electrons. The molecule has 1 aliphatic heterocycles. The molecule has 330 valence electrons. The lowest BCUT2D eigenvalue weighted by Gasteiger charge is -2.49. The Balaban J connectivity index is 1.25. The standard InChI is InChI=1S/C47H50N10O7/c48-55-52-38-26-39(53-56-49)42(44(61-30-36-22-12-4-13-23-36)41(38)59-28-34-18-8-2-9-19-34)63-47-40(54-57-50)43(60-29-35-20-10-3-11-21-35)45(62-31-37-24-14-5-15-25-37)46(64-47)51-32-58-27-33-16-6-1-7-17-33/h1-25,38-47,51H,26-32H2/t38?,39?,40?,41?,42-,43?,44?,45+,46?,47+/m1/s1. The van der Waals surface area contributed by atoms with Gasteiger partial charge in [0.05, 0.1) is 64.1 Å². The molecule has 2 fully saturated rings. The average Bonchev–Trinajstić information content (AvgIpc) is 3.34. The molecule has 7 rings (SSSR count). The van der Waals surface area contributed by atoms with Crippen molar-refractivity contribution >= 4 is 0 Å². The summed E-state index contributed by atoms with van der Waals surface area (Å²) < 4.78 is 46.4. The maximum Gasteiger partial charge on any atom is 0.171 e. The quantitative estimate of drug-likeness (QED) is 0.0231. The summed E-state index contributed by atoms with van der Waals surface area (Å²) in [4.78, 5) is 9.57. The van der Waals surface area contributed by atoms with Crippen LogP contribution in [0, 0.1) is 0 Å². The number of benzene rings is 5. The molecule has 10 atom stereocenters. The van der Waals surface area contributed by atoms with Crippen LogP contribution in [0.2, 0.25) is 0 Å². The first kappa shape index (κ1) is 45.7. The van der Waals surface area contributed by atoms with E-state index in [-0.39, 0.29) is 39.6 Å². The van der Waals surface area contributed by atoms with E-state index in [1.165, 1.54) is 0 Å². The van der Waals surface area contributed by atoms with Crippen LogP contribution in [0.3, 0.4) is 0 Å². The highest BCUT2D eigenvalue weighted by Crippen LogP contribution is 2.37. The molecule has 64 heavy (non-hydrogen) atoms. The molecule has 5 aromatic rings. The number of ether oxygens (including phenoxy) is 7. The summed E-state index contributed by atoms with van der Waals surface area (Å²) in [6.45, 7) is 0.920. The Morgan fingerprint density at radius 2 is 0.859 bits per heavy atom. The molecule has 1 saturated heterocycles. The maximum absolute atomic E-state index is 10.2. The predicted octanol–water partition coefficient (Wildman–Crippen LogP) is 9.60. The van der Waals surface area contributed by atoms with Gasteiger partial charge in [-0.1, -0.05) is 167 Å². The molecule has 0 bridgehead atoms. The molecule has 2 aliphatic rings. The third-order valence-electron chi connectivity index (χ3n) is 10.9. The Labute approximate surface area is 371 Å². The van der Waals surface area contributed by atoms with Crippen molar-refractivity contribution in [2.75, 3.05) is 6.73 Å². The SMILES string of the molecule is [N-]=[N+]=NC1CC(N=[N+]=[N-])[C@@H](O[C@H]2OC(NCOCc3ccccc3)[C@@H](OCc3ccccc3)C(OCc3ccccc3)C2N=[N+]=[N-])C(OCc2ccccc2)C1OCc1ccccc1. The highest BCUT2D eigenvalue weighted by atomic mass is 16.7. The van der Waals surface area contributed by atoms with Crippen LogP contribution in [0.15, 0.2) is 167 Å². The molecule has 1 heterocycles. The zero-order valence-corrected chi connectivity index (χ0v) is 35.0. The summed E-state index contributed by atoms with van der Waals surface area (Å²) in [6.07, 6.45) is -7.06. The third kappa shape index (κ3) is 12.9. The van der Waals surface area contributed by atoms with E-state index in [4.69, 9.17) is 33.2 Å². The molecular formula is C47H50N10O7. The van der Waals surface area contributed by atoms with E-state index < -0.39 is 61.2 Å². The van der Waals surface area contributed by atoms with E-state index in [0.717, 1.165) is 27.8 Å². The molecule has 5 aromatic carbocycles. The lowest BCUT2D eigenvalue weighted by Crippen LogP contribution is -2.65. The number of nitrogens with one attached hydrogen (secondary N) is 1. The van der Waals surface area contributed by atoms with E-state index >= 15 is 0 Å². The first-order valence-corrected chi connectivity index (χ1v) is 21.0. The Kier molecular flexibility index (Phi) is 17.5. The molecule has 7 unspecified atom stereocenters. The molecular weight excluding hydrogens is 817 g/mol. The second kappa shape index (κ2) is 24.5. The lowest BCUT2D eigenvalue weighted by atomic mass is 9.83. The molecule has 0 amide bonds. The van der Waals surface area contributed by atoms with Crippen molar-refractivity contribution in [1.29, 1.82) is 0 Å². The number of hydrogen-bond acceptors (Lipinski definition) is 11. The minimum Gasteiger partial charge on any atom is -0.370 e. The van der Waals surface area contributed by atoms with Crippen molar-refractivity contribution < 1.29 is 33.2 Å².